The first-order chi connectivity index (χ1) is 8.16. The van der Waals surface area contributed by atoms with Gasteiger partial charge in [-0.15, -0.1) is 0 Å². The number of hydrogen-bond acceptors (Lipinski definition) is 6. The lowest BCUT2D eigenvalue weighted by molar-refractivity contribution is -0.135. The lowest BCUT2D eigenvalue weighted by Crippen LogP contribution is -2.51. The quantitative estimate of drug-likeness (QED) is 0.453. The first-order valence-corrected chi connectivity index (χ1v) is 5.20. The largest absolute Gasteiger partial charge is 0.373 e. The van der Waals surface area contributed by atoms with Crippen molar-refractivity contribution in [2.75, 3.05) is 0 Å². The number of imide groups is 1. The van der Waals surface area contributed by atoms with E-state index in [1.54, 1.807) is 6.07 Å². The number of amides is 2. The third kappa shape index (κ3) is 2.83. The van der Waals surface area contributed by atoms with Crippen molar-refractivity contribution in [1.82, 2.24) is 20.6 Å². The number of nitrogens with one attached hydrogen (secondary N) is 2. The van der Waals surface area contributed by atoms with Crippen LogP contribution in [0.3, 0.4) is 0 Å². The molecule has 90 valence electrons. The van der Waals surface area contributed by atoms with Crippen molar-refractivity contribution in [3.05, 3.63) is 24.3 Å². The van der Waals surface area contributed by atoms with E-state index >= 15 is 0 Å². The molecule has 1 fully saturated rings. The Hall–Kier alpha value is -1.86. The van der Waals surface area contributed by atoms with Crippen LogP contribution in [0.5, 0.6) is 0 Å². The van der Waals surface area contributed by atoms with Gasteiger partial charge in [-0.05, 0) is 12.5 Å². The van der Waals surface area contributed by atoms with Crippen LogP contribution in [0.2, 0.25) is 0 Å². The highest BCUT2D eigenvalue weighted by Crippen LogP contribution is 2.10. The van der Waals surface area contributed by atoms with Crippen LogP contribution in [-0.4, -0.2) is 32.9 Å². The molecule has 1 saturated heterocycles. The predicted octanol–water partition coefficient (Wildman–Crippen LogP) is -1.14. The number of aromatic nitrogens is 2. The van der Waals surface area contributed by atoms with E-state index in [0.29, 0.717) is 12.1 Å². The molecule has 7 nitrogen and oxygen atoms in total. The molecule has 0 spiro atoms. The molecule has 1 aliphatic rings. The molecule has 3 N–H and O–H groups in total. The molecular weight excluding hydrogens is 224 g/mol. The van der Waals surface area contributed by atoms with Gasteiger partial charge in [-0.2, -0.15) is 0 Å². The highest BCUT2D eigenvalue weighted by atomic mass is 16.3. The van der Waals surface area contributed by atoms with Gasteiger partial charge in [0.2, 0.25) is 11.8 Å². The molecule has 0 saturated carbocycles. The maximum atomic E-state index is 11.4. The number of rotatable bonds is 3. The average Bonchev–Trinajstić information content (AvgIpc) is 2.34. The predicted molar refractivity (Wildman–Crippen MR) is 56.3 cm³/mol. The normalized spacial score (nSPS) is 22.1. The molecule has 0 aromatic carbocycles. The van der Waals surface area contributed by atoms with E-state index in [2.05, 4.69) is 20.6 Å². The summed E-state index contributed by atoms with van der Waals surface area (Å²) in [5.41, 5.74) is 0.379. The van der Waals surface area contributed by atoms with Gasteiger partial charge in [-0.1, -0.05) is 0 Å². The maximum Gasteiger partial charge on any atom is 0.243 e. The summed E-state index contributed by atoms with van der Waals surface area (Å²) in [5.74, 6) is -0.709. The average molecular weight is 236 g/mol. The minimum Gasteiger partial charge on any atom is -0.373 e. The third-order valence-electron chi connectivity index (χ3n) is 2.48. The molecule has 1 aliphatic heterocycles. The van der Waals surface area contributed by atoms with Crippen LogP contribution in [-0.2, 0) is 9.59 Å². The van der Waals surface area contributed by atoms with Crippen LogP contribution in [0.25, 0.3) is 0 Å². The molecule has 1 aromatic heterocycles. The summed E-state index contributed by atoms with van der Waals surface area (Å²) in [6.07, 6.45) is 2.39. The number of piperidine rings is 1. The topological polar surface area (TPSA) is 104 Å². The number of aliphatic hydroxyl groups excluding tert-OH is 1. The van der Waals surface area contributed by atoms with Gasteiger partial charge in [0.05, 0.1) is 11.7 Å². The zero-order valence-corrected chi connectivity index (χ0v) is 8.96. The Labute approximate surface area is 97.3 Å². The van der Waals surface area contributed by atoms with Crippen molar-refractivity contribution in [2.45, 2.75) is 25.1 Å². The Kier molecular flexibility index (Phi) is 3.40. The van der Waals surface area contributed by atoms with Crippen molar-refractivity contribution in [1.29, 1.82) is 0 Å². The molecule has 0 radical (unpaired) electrons. The fraction of sp³-hybridized carbons (Fsp3) is 0.400. The van der Waals surface area contributed by atoms with Crippen molar-refractivity contribution < 1.29 is 14.7 Å². The standard InChI is InChI=1S/C10H12N4O3/c15-8-2-1-7(10(17)14-8)13-9(16)6-3-4-11-5-12-6/h3-5,7,9,13,16H,1-2H2,(H,14,15,17). The Morgan fingerprint density at radius 3 is 3.00 bits per heavy atom. The molecule has 17 heavy (non-hydrogen) atoms. The second-order valence-corrected chi connectivity index (χ2v) is 3.71. The maximum absolute atomic E-state index is 11.4. The number of hydrogen-bond donors (Lipinski definition) is 3. The van der Waals surface area contributed by atoms with Crippen LogP contribution >= 0.6 is 0 Å². The highest BCUT2D eigenvalue weighted by Gasteiger charge is 2.28. The monoisotopic (exact) mass is 236 g/mol. The van der Waals surface area contributed by atoms with Gasteiger partial charge in [0, 0.05) is 12.6 Å². The van der Waals surface area contributed by atoms with Crippen LogP contribution in [0.15, 0.2) is 18.6 Å². The Morgan fingerprint density at radius 1 is 1.53 bits per heavy atom. The second-order valence-electron chi connectivity index (χ2n) is 3.71. The summed E-state index contributed by atoms with van der Waals surface area (Å²) in [5, 5.41) is 14.7. The van der Waals surface area contributed by atoms with E-state index < -0.39 is 18.2 Å². The number of carbonyl (C=O) groups excluding carboxylic acids is 2. The summed E-state index contributed by atoms with van der Waals surface area (Å²) in [4.78, 5) is 30.0. The minimum absolute atomic E-state index is 0.264. The Balaban J connectivity index is 1.97. The molecule has 0 aliphatic carbocycles. The summed E-state index contributed by atoms with van der Waals surface area (Å²) < 4.78 is 0. The van der Waals surface area contributed by atoms with E-state index in [1.807, 2.05) is 0 Å². The Morgan fingerprint density at radius 2 is 2.35 bits per heavy atom. The van der Waals surface area contributed by atoms with Gasteiger partial charge >= 0.3 is 0 Å². The summed E-state index contributed by atoms with van der Waals surface area (Å²) in [7, 11) is 0. The molecule has 2 atom stereocenters. The number of aliphatic hydroxyl groups is 1. The zero-order chi connectivity index (χ0) is 12.3. The van der Waals surface area contributed by atoms with E-state index in [0.717, 1.165) is 0 Å². The second kappa shape index (κ2) is 4.98. The molecule has 2 unspecified atom stereocenters. The zero-order valence-electron chi connectivity index (χ0n) is 8.96. The van der Waals surface area contributed by atoms with Crippen LogP contribution in [0.1, 0.15) is 24.8 Å². The van der Waals surface area contributed by atoms with Crippen LogP contribution in [0.4, 0.5) is 0 Å². The van der Waals surface area contributed by atoms with Gasteiger partial charge in [0.25, 0.3) is 0 Å². The van der Waals surface area contributed by atoms with Crippen LogP contribution in [0, 0.1) is 0 Å². The fourth-order valence-corrected chi connectivity index (χ4v) is 1.59. The summed E-state index contributed by atoms with van der Waals surface area (Å²) in [6, 6.07) is 0.960. The van der Waals surface area contributed by atoms with Gasteiger partial charge in [-0.3, -0.25) is 20.2 Å². The van der Waals surface area contributed by atoms with Crippen molar-refractivity contribution in [3.63, 3.8) is 0 Å². The van der Waals surface area contributed by atoms with Crippen LogP contribution < -0.4 is 10.6 Å². The third-order valence-corrected chi connectivity index (χ3v) is 2.48. The van der Waals surface area contributed by atoms with E-state index in [1.165, 1.54) is 12.5 Å². The van der Waals surface area contributed by atoms with E-state index in [-0.39, 0.29) is 12.3 Å². The van der Waals surface area contributed by atoms with E-state index in [9.17, 15) is 14.7 Å². The van der Waals surface area contributed by atoms with Gasteiger partial charge in [0.1, 0.15) is 12.6 Å². The molecule has 2 rings (SSSR count). The van der Waals surface area contributed by atoms with E-state index in [4.69, 9.17) is 0 Å². The summed E-state index contributed by atoms with van der Waals surface area (Å²) >= 11 is 0. The van der Waals surface area contributed by atoms with Gasteiger partial charge in [-0.25, -0.2) is 9.97 Å². The number of carbonyl (C=O) groups is 2. The molecule has 2 amide bonds. The van der Waals surface area contributed by atoms with Gasteiger partial charge < -0.3 is 5.11 Å². The lowest BCUT2D eigenvalue weighted by Gasteiger charge is -2.24. The highest BCUT2D eigenvalue weighted by molar-refractivity contribution is 6.00. The smallest absolute Gasteiger partial charge is 0.243 e. The Bertz CT molecular complexity index is 423. The molecule has 2 heterocycles. The fourth-order valence-electron chi connectivity index (χ4n) is 1.59. The SMILES string of the molecule is O=C1CCC(NC(O)c2ccncn2)C(=O)N1. The molecular formula is C10H12N4O3. The first-order valence-electron chi connectivity index (χ1n) is 5.20. The van der Waals surface area contributed by atoms with Crippen molar-refractivity contribution in [2.24, 2.45) is 0 Å². The van der Waals surface area contributed by atoms with Crippen molar-refractivity contribution in [3.8, 4) is 0 Å². The molecule has 0 bridgehead atoms. The summed E-state index contributed by atoms with van der Waals surface area (Å²) in [6.45, 7) is 0. The number of nitrogens with zero attached hydrogens (tertiary/aromatic N) is 2. The first kappa shape index (κ1) is 11.6. The lowest BCUT2D eigenvalue weighted by atomic mass is 10.1. The molecule has 7 heteroatoms. The minimum atomic E-state index is -1.05. The van der Waals surface area contributed by atoms with Gasteiger partial charge in [0.15, 0.2) is 0 Å². The molecule has 1 aromatic rings. The van der Waals surface area contributed by atoms with Crippen molar-refractivity contribution >= 4 is 11.8 Å².